The molecule has 0 aliphatic carbocycles. The van der Waals surface area contributed by atoms with Crippen LogP contribution in [0.2, 0.25) is 0 Å². The molecule has 0 amide bonds. The van der Waals surface area contributed by atoms with Crippen molar-refractivity contribution in [3.8, 4) is 0 Å². The average Bonchev–Trinajstić information content (AvgIpc) is 2.80. The number of halogens is 2. The Balaban J connectivity index is 0.000000360. The van der Waals surface area contributed by atoms with Crippen LogP contribution in [-0.4, -0.2) is 0 Å². The van der Waals surface area contributed by atoms with Crippen LogP contribution in [0.5, 0.6) is 0 Å². The number of rotatable bonds is 0. The first kappa shape index (κ1) is 23.0. The van der Waals surface area contributed by atoms with E-state index < -0.39 is 16.5 Å². The van der Waals surface area contributed by atoms with E-state index in [2.05, 4.69) is 69.2 Å². The first-order valence-electron chi connectivity index (χ1n) is 7.81. The van der Waals surface area contributed by atoms with Crippen molar-refractivity contribution < 1.29 is 16.5 Å². The van der Waals surface area contributed by atoms with Gasteiger partial charge in [-0.2, -0.15) is 55.6 Å². The maximum absolute atomic E-state index is 4.93. The molecule has 23 heavy (non-hydrogen) atoms. The summed E-state index contributed by atoms with van der Waals surface area (Å²) in [6.07, 6.45) is 0. The summed E-state index contributed by atoms with van der Waals surface area (Å²) in [5, 5.41) is 0. The molecule has 2 aromatic rings. The molecule has 0 heterocycles. The van der Waals surface area contributed by atoms with Gasteiger partial charge in [0.05, 0.1) is 0 Å². The third-order valence-electron chi connectivity index (χ3n) is 5.62. The molecule has 0 saturated carbocycles. The van der Waals surface area contributed by atoms with Crippen molar-refractivity contribution in [1.82, 2.24) is 0 Å². The first-order chi connectivity index (χ1) is 10.5. The molecule has 2 aromatic carbocycles. The van der Waals surface area contributed by atoms with Gasteiger partial charge in [-0.25, -0.2) is 0 Å². The summed E-state index contributed by atoms with van der Waals surface area (Å²) < 4.78 is 0. The third kappa shape index (κ3) is 5.48. The van der Waals surface area contributed by atoms with Crippen LogP contribution >= 0.6 is 18.8 Å². The van der Waals surface area contributed by atoms with Gasteiger partial charge >= 0.3 is 35.3 Å². The Bertz CT molecular complexity index is 429. The molecule has 0 spiro atoms. The van der Waals surface area contributed by atoms with Gasteiger partial charge in [0, 0.05) is 0 Å². The first-order valence-corrected chi connectivity index (χ1v) is 15.1. The van der Waals surface area contributed by atoms with E-state index in [1.165, 1.54) is 55.6 Å². The maximum atomic E-state index is 4.93. The molecule has 0 N–H and O–H groups in total. The van der Waals surface area contributed by atoms with Crippen molar-refractivity contribution in [3.05, 3.63) is 55.6 Å². The molecular formula is C20H30Cl2W-2. The Morgan fingerprint density at radius 2 is 0.652 bits per heavy atom. The van der Waals surface area contributed by atoms with E-state index in [-0.39, 0.29) is 0 Å². The van der Waals surface area contributed by atoms with Crippen LogP contribution in [0, 0.1) is 69.2 Å². The summed E-state index contributed by atoms with van der Waals surface area (Å²) in [5.74, 6) is 0. The Labute approximate surface area is 159 Å². The molecule has 132 valence electrons. The van der Waals surface area contributed by atoms with Gasteiger partial charge in [0.25, 0.3) is 0 Å². The Morgan fingerprint density at radius 3 is 0.696 bits per heavy atom. The minimum absolute atomic E-state index is 0.806. The van der Waals surface area contributed by atoms with Gasteiger partial charge in [0.2, 0.25) is 0 Å². The zero-order valence-electron chi connectivity index (χ0n) is 16.2. The fraction of sp³-hybridized carbons (Fsp3) is 0.500. The molecule has 0 aliphatic rings. The van der Waals surface area contributed by atoms with Crippen LogP contribution in [0.4, 0.5) is 0 Å². The summed E-state index contributed by atoms with van der Waals surface area (Å²) in [7, 11) is 9.86. The summed E-state index contributed by atoms with van der Waals surface area (Å²) in [6.45, 7) is 22.0. The van der Waals surface area contributed by atoms with Crippen molar-refractivity contribution >= 4 is 18.8 Å². The zero-order valence-corrected chi connectivity index (χ0v) is 20.6. The second kappa shape index (κ2) is 10.1. The SMILES string of the molecule is Cc1c(C)c(C)[c-](C)c1C.Cc1c(C)c(C)[c-](C)c1C.[Cl][W][Cl]. The summed E-state index contributed by atoms with van der Waals surface area (Å²) in [4.78, 5) is 0. The minimum atomic E-state index is -0.806. The normalized spacial score (nSPS) is 9.91. The molecule has 0 radical (unpaired) electrons. The molecular weight excluding hydrogens is 495 g/mol. The molecule has 0 fully saturated rings. The summed E-state index contributed by atoms with van der Waals surface area (Å²) in [5.41, 5.74) is 14.7. The molecule has 0 atom stereocenters. The van der Waals surface area contributed by atoms with Gasteiger partial charge in [0.1, 0.15) is 0 Å². The van der Waals surface area contributed by atoms with Gasteiger partial charge in [-0.05, 0) is 0 Å². The molecule has 0 saturated heterocycles. The van der Waals surface area contributed by atoms with Gasteiger partial charge in [-0.15, -0.1) is 0 Å². The van der Waals surface area contributed by atoms with E-state index in [9.17, 15) is 0 Å². The predicted octanol–water partition coefficient (Wildman–Crippen LogP) is 7.27. The summed E-state index contributed by atoms with van der Waals surface area (Å²) >= 11 is -0.806. The Kier molecular flexibility index (Phi) is 10.1. The molecule has 0 aromatic heterocycles. The van der Waals surface area contributed by atoms with Gasteiger partial charge in [-0.3, -0.25) is 0 Å². The van der Waals surface area contributed by atoms with Crippen LogP contribution in [0.1, 0.15) is 55.6 Å². The van der Waals surface area contributed by atoms with E-state index in [1.807, 2.05) is 0 Å². The standard InChI is InChI=1S/2C10H15.2ClH.W/c2*1-6-7(2)9(4)10(5)8(6)3;;;/h2*1-5H3;2*1H;/q2*-1;;;+2/p-2. The van der Waals surface area contributed by atoms with Crippen molar-refractivity contribution in [2.45, 2.75) is 69.2 Å². The monoisotopic (exact) mass is 524 g/mol. The predicted molar refractivity (Wildman–Crippen MR) is 103 cm³/mol. The van der Waals surface area contributed by atoms with Crippen molar-refractivity contribution in [3.63, 3.8) is 0 Å². The van der Waals surface area contributed by atoms with E-state index in [0.717, 1.165) is 0 Å². The van der Waals surface area contributed by atoms with Crippen LogP contribution in [-0.2, 0) is 16.5 Å². The van der Waals surface area contributed by atoms with E-state index in [4.69, 9.17) is 18.8 Å². The van der Waals surface area contributed by atoms with Crippen LogP contribution in [0.15, 0.2) is 0 Å². The van der Waals surface area contributed by atoms with Crippen LogP contribution in [0.25, 0.3) is 0 Å². The third-order valence-corrected chi connectivity index (χ3v) is 5.62. The molecule has 0 bridgehead atoms. The van der Waals surface area contributed by atoms with E-state index >= 15 is 0 Å². The number of hydrogen-bond acceptors (Lipinski definition) is 0. The molecule has 0 unspecified atom stereocenters. The van der Waals surface area contributed by atoms with E-state index in [1.54, 1.807) is 0 Å². The molecule has 0 aliphatic heterocycles. The van der Waals surface area contributed by atoms with Crippen molar-refractivity contribution in [1.29, 1.82) is 0 Å². The van der Waals surface area contributed by atoms with Crippen LogP contribution in [0.3, 0.4) is 0 Å². The fourth-order valence-corrected chi connectivity index (χ4v) is 2.81. The van der Waals surface area contributed by atoms with E-state index in [0.29, 0.717) is 0 Å². The second-order valence-corrected chi connectivity index (χ2v) is 10.5. The molecule has 2 rings (SSSR count). The van der Waals surface area contributed by atoms with Gasteiger partial charge in [0.15, 0.2) is 0 Å². The Hall–Kier alpha value is -0.0317. The summed E-state index contributed by atoms with van der Waals surface area (Å²) in [6, 6.07) is 0. The molecule has 0 nitrogen and oxygen atoms in total. The van der Waals surface area contributed by atoms with Crippen molar-refractivity contribution in [2.24, 2.45) is 0 Å². The quantitative estimate of drug-likeness (QED) is 0.318. The molecule has 3 heteroatoms. The average molecular weight is 525 g/mol. The fourth-order valence-electron chi connectivity index (χ4n) is 2.81. The van der Waals surface area contributed by atoms with Gasteiger partial charge in [-0.1, -0.05) is 69.2 Å². The van der Waals surface area contributed by atoms with Crippen molar-refractivity contribution in [2.75, 3.05) is 0 Å². The number of hydrogen-bond donors (Lipinski definition) is 0. The van der Waals surface area contributed by atoms with Gasteiger partial charge < -0.3 is 0 Å². The zero-order chi connectivity index (χ0) is 18.5. The van der Waals surface area contributed by atoms with Crippen LogP contribution < -0.4 is 0 Å². The second-order valence-electron chi connectivity index (χ2n) is 6.31. The Morgan fingerprint density at radius 1 is 0.522 bits per heavy atom. The topological polar surface area (TPSA) is 0 Å².